The van der Waals surface area contributed by atoms with Gasteiger partial charge in [0.25, 0.3) is 5.88 Å². The number of fused-ring (bicyclic) bond motifs is 1. The average molecular weight is 347 g/mol. The van der Waals surface area contributed by atoms with E-state index in [-0.39, 0.29) is 24.1 Å². The third-order valence-corrected chi connectivity index (χ3v) is 5.11. The highest BCUT2D eigenvalue weighted by Gasteiger charge is 2.46. The Morgan fingerprint density at radius 1 is 1.40 bits per heavy atom. The number of rotatable bonds is 4. The first-order valence-electron chi connectivity index (χ1n) is 8.68. The first kappa shape index (κ1) is 16.5. The molecule has 25 heavy (non-hydrogen) atoms. The van der Waals surface area contributed by atoms with Crippen molar-refractivity contribution in [3.05, 3.63) is 41.2 Å². The van der Waals surface area contributed by atoms with Crippen LogP contribution >= 0.6 is 0 Å². The molecular formula is C18H22FN3O3. The molecule has 7 heteroatoms. The Balaban J connectivity index is 1.54. The van der Waals surface area contributed by atoms with Crippen molar-refractivity contribution < 1.29 is 18.4 Å². The van der Waals surface area contributed by atoms with Gasteiger partial charge >= 0.3 is 0 Å². The maximum Gasteiger partial charge on any atom is 0.250 e. The summed E-state index contributed by atoms with van der Waals surface area (Å²) >= 11 is 0. The topological polar surface area (TPSA) is 60.6 Å². The Hall–Kier alpha value is -1.99. The average Bonchev–Trinajstić information content (AvgIpc) is 3.12. The fourth-order valence-electron chi connectivity index (χ4n) is 3.82. The van der Waals surface area contributed by atoms with Crippen LogP contribution in [0.5, 0.6) is 5.88 Å². The Morgan fingerprint density at radius 3 is 3.04 bits per heavy atom. The number of hydrogen-bond donors (Lipinski definition) is 0. The second-order valence-corrected chi connectivity index (χ2v) is 6.72. The van der Waals surface area contributed by atoms with Crippen LogP contribution in [0.2, 0.25) is 0 Å². The third-order valence-electron chi connectivity index (χ3n) is 5.11. The van der Waals surface area contributed by atoms with Gasteiger partial charge in [0.2, 0.25) is 0 Å². The van der Waals surface area contributed by atoms with Crippen LogP contribution in [0, 0.1) is 19.7 Å². The maximum absolute atomic E-state index is 13.9. The van der Waals surface area contributed by atoms with Crippen LogP contribution in [0.25, 0.3) is 0 Å². The largest absolute Gasteiger partial charge is 0.468 e. The summed E-state index contributed by atoms with van der Waals surface area (Å²) in [6, 6.07) is 3.16. The Bertz CT molecular complexity index is 731. The van der Waals surface area contributed by atoms with E-state index in [9.17, 15) is 4.39 Å². The summed E-state index contributed by atoms with van der Waals surface area (Å²) in [4.78, 5) is 6.35. The predicted molar refractivity (Wildman–Crippen MR) is 87.8 cm³/mol. The lowest BCUT2D eigenvalue weighted by atomic mass is 10.0. The van der Waals surface area contributed by atoms with Crippen LogP contribution in [0.1, 0.15) is 29.9 Å². The van der Waals surface area contributed by atoms with E-state index in [1.54, 1.807) is 6.07 Å². The summed E-state index contributed by atoms with van der Waals surface area (Å²) in [5.74, 6) is 0.435. The van der Waals surface area contributed by atoms with Crippen molar-refractivity contribution in [2.45, 2.75) is 51.5 Å². The fraction of sp³-hybridized carbons (Fsp3) is 0.556. The summed E-state index contributed by atoms with van der Waals surface area (Å²) in [6.07, 6.45) is 3.28. The van der Waals surface area contributed by atoms with Crippen molar-refractivity contribution in [1.82, 2.24) is 15.0 Å². The molecule has 2 saturated heterocycles. The molecule has 0 spiro atoms. The second kappa shape index (κ2) is 6.72. The van der Waals surface area contributed by atoms with E-state index in [0.29, 0.717) is 13.2 Å². The third kappa shape index (κ3) is 3.14. The number of pyridine rings is 1. The number of ether oxygens (including phenoxy) is 2. The van der Waals surface area contributed by atoms with Gasteiger partial charge in [0.05, 0.1) is 5.69 Å². The van der Waals surface area contributed by atoms with Crippen LogP contribution in [0.3, 0.4) is 0 Å². The standard InChI is InChI=1S/C18H22FN3O3/c1-11-13(12(2)25-21-11)9-22-10-16(17-15(22)6-4-8-23-17)24-18-14(19)5-3-7-20-18/h3,5,7,15-17H,4,6,8-10H2,1-2H3/t15-,16+,17+/m0/s1. The molecule has 2 aromatic rings. The summed E-state index contributed by atoms with van der Waals surface area (Å²) in [5.41, 5.74) is 2.01. The van der Waals surface area contributed by atoms with Crippen molar-refractivity contribution in [1.29, 1.82) is 0 Å². The zero-order chi connectivity index (χ0) is 17.4. The van der Waals surface area contributed by atoms with Crippen LogP contribution in [-0.2, 0) is 11.3 Å². The van der Waals surface area contributed by atoms with Gasteiger partial charge in [-0.1, -0.05) is 5.16 Å². The number of halogens is 1. The molecule has 134 valence electrons. The minimum Gasteiger partial charge on any atom is -0.468 e. The van der Waals surface area contributed by atoms with Crippen molar-refractivity contribution in [2.75, 3.05) is 13.2 Å². The summed E-state index contributed by atoms with van der Waals surface area (Å²) in [6.45, 7) is 5.99. The molecule has 0 radical (unpaired) electrons. The molecule has 2 aliphatic heterocycles. The lowest BCUT2D eigenvalue weighted by Gasteiger charge is -2.32. The number of aromatic nitrogens is 2. The molecule has 0 aromatic carbocycles. The van der Waals surface area contributed by atoms with E-state index >= 15 is 0 Å². The van der Waals surface area contributed by atoms with Gasteiger partial charge in [-0.25, -0.2) is 9.37 Å². The van der Waals surface area contributed by atoms with E-state index < -0.39 is 5.82 Å². The zero-order valence-corrected chi connectivity index (χ0v) is 14.4. The van der Waals surface area contributed by atoms with Crippen LogP contribution < -0.4 is 4.74 Å². The molecule has 2 fully saturated rings. The van der Waals surface area contributed by atoms with Crippen LogP contribution in [0.15, 0.2) is 22.9 Å². The van der Waals surface area contributed by atoms with Gasteiger partial charge in [-0.15, -0.1) is 0 Å². The first-order valence-corrected chi connectivity index (χ1v) is 8.68. The van der Waals surface area contributed by atoms with Crippen LogP contribution in [0.4, 0.5) is 4.39 Å². The summed E-state index contributed by atoms with van der Waals surface area (Å²) < 4.78 is 31.1. The maximum atomic E-state index is 13.9. The lowest BCUT2D eigenvalue weighted by molar-refractivity contribution is -0.0487. The van der Waals surface area contributed by atoms with E-state index in [4.69, 9.17) is 14.0 Å². The Morgan fingerprint density at radius 2 is 2.28 bits per heavy atom. The molecule has 0 aliphatic carbocycles. The molecule has 0 saturated carbocycles. The molecule has 0 amide bonds. The van der Waals surface area contributed by atoms with Gasteiger partial charge in [0.1, 0.15) is 18.0 Å². The molecule has 6 nitrogen and oxygen atoms in total. The van der Waals surface area contributed by atoms with E-state index in [2.05, 4.69) is 15.0 Å². The van der Waals surface area contributed by atoms with E-state index in [0.717, 1.165) is 36.4 Å². The Labute approximate surface area is 145 Å². The molecule has 4 heterocycles. The molecular weight excluding hydrogens is 325 g/mol. The second-order valence-electron chi connectivity index (χ2n) is 6.72. The molecule has 0 bridgehead atoms. The van der Waals surface area contributed by atoms with E-state index in [1.807, 2.05) is 13.8 Å². The molecule has 3 atom stereocenters. The smallest absolute Gasteiger partial charge is 0.250 e. The monoisotopic (exact) mass is 347 g/mol. The van der Waals surface area contributed by atoms with Gasteiger partial charge in [0, 0.05) is 37.5 Å². The highest BCUT2D eigenvalue weighted by Crippen LogP contribution is 2.33. The van der Waals surface area contributed by atoms with Gasteiger partial charge in [-0.05, 0) is 38.8 Å². The molecule has 0 unspecified atom stereocenters. The number of hydrogen-bond acceptors (Lipinski definition) is 6. The number of nitrogens with zero attached hydrogens (tertiary/aromatic N) is 3. The zero-order valence-electron chi connectivity index (χ0n) is 14.4. The van der Waals surface area contributed by atoms with Gasteiger partial charge in [-0.2, -0.15) is 0 Å². The minimum absolute atomic E-state index is 0.0413. The summed E-state index contributed by atoms with van der Waals surface area (Å²) in [5, 5.41) is 4.04. The Kier molecular flexibility index (Phi) is 4.43. The summed E-state index contributed by atoms with van der Waals surface area (Å²) in [7, 11) is 0. The lowest BCUT2D eigenvalue weighted by Crippen LogP contribution is -2.42. The molecule has 4 rings (SSSR count). The molecule has 0 N–H and O–H groups in total. The van der Waals surface area contributed by atoms with Crippen molar-refractivity contribution >= 4 is 0 Å². The highest BCUT2D eigenvalue weighted by atomic mass is 19.1. The van der Waals surface area contributed by atoms with Crippen molar-refractivity contribution in [3.63, 3.8) is 0 Å². The molecule has 2 aromatic heterocycles. The SMILES string of the molecule is Cc1noc(C)c1CN1C[C@@H](Oc2ncccc2F)[C@@H]2OCCC[C@@H]21. The van der Waals surface area contributed by atoms with Gasteiger partial charge in [0.15, 0.2) is 5.82 Å². The molecule has 2 aliphatic rings. The van der Waals surface area contributed by atoms with Crippen LogP contribution in [-0.4, -0.2) is 46.4 Å². The van der Waals surface area contributed by atoms with Crippen molar-refractivity contribution in [3.8, 4) is 5.88 Å². The predicted octanol–water partition coefficient (Wildman–Crippen LogP) is 2.64. The fourth-order valence-corrected chi connectivity index (χ4v) is 3.82. The normalized spacial score (nSPS) is 26.6. The number of likely N-dealkylation sites (tertiary alicyclic amines) is 1. The number of aryl methyl sites for hydroxylation is 2. The quantitative estimate of drug-likeness (QED) is 0.847. The van der Waals surface area contributed by atoms with Gasteiger partial charge < -0.3 is 14.0 Å². The first-order chi connectivity index (χ1) is 12.1. The van der Waals surface area contributed by atoms with Crippen molar-refractivity contribution in [2.24, 2.45) is 0 Å². The van der Waals surface area contributed by atoms with Gasteiger partial charge in [-0.3, -0.25) is 4.90 Å². The minimum atomic E-state index is -0.445. The van der Waals surface area contributed by atoms with E-state index in [1.165, 1.54) is 12.3 Å². The highest BCUT2D eigenvalue weighted by molar-refractivity contribution is 5.21.